The van der Waals surface area contributed by atoms with E-state index in [1.807, 2.05) is 48.9 Å². The van der Waals surface area contributed by atoms with Crippen molar-refractivity contribution in [1.82, 2.24) is 29.7 Å². The Morgan fingerprint density at radius 2 is 1.56 bits per heavy atom. The number of aryl methyl sites for hydroxylation is 2. The molecule has 0 radical (unpaired) electrons. The van der Waals surface area contributed by atoms with Crippen LogP contribution in [0, 0.1) is 23.7 Å². The first-order valence-corrected chi connectivity index (χ1v) is 18.2. The zero-order chi connectivity index (χ0) is 36.9. The number of aromatic amines is 2. The van der Waals surface area contributed by atoms with Crippen LogP contribution in [0.1, 0.15) is 81.9 Å². The maximum Gasteiger partial charge on any atom is 0.325 e. The van der Waals surface area contributed by atoms with Crippen LogP contribution in [0.3, 0.4) is 0 Å². The number of hydrogen-bond acceptors (Lipinski definition) is 6. The lowest BCUT2D eigenvalue weighted by atomic mass is 9.95. The van der Waals surface area contributed by atoms with Crippen LogP contribution in [0.15, 0.2) is 48.7 Å². The summed E-state index contributed by atoms with van der Waals surface area (Å²) in [4.78, 5) is 45.6. The maximum atomic E-state index is 14.3. The van der Waals surface area contributed by atoms with Gasteiger partial charge in [-0.2, -0.15) is 8.78 Å². The number of fused-ring (bicyclic) bond motifs is 3. The summed E-state index contributed by atoms with van der Waals surface area (Å²) in [6.45, 7) is 7.35. The number of nitrogens with two attached hydrogens (primary N) is 2. The lowest BCUT2D eigenvalue weighted by Gasteiger charge is -2.34. The van der Waals surface area contributed by atoms with Crippen molar-refractivity contribution in [3.05, 3.63) is 71.6 Å². The zero-order valence-electron chi connectivity index (χ0n) is 30.0. The third-order valence-electron chi connectivity index (χ3n) is 10.6. The average molecular weight is 709 g/mol. The number of aromatic nitrogens is 4. The highest BCUT2D eigenvalue weighted by Gasteiger charge is 2.42. The van der Waals surface area contributed by atoms with Crippen LogP contribution in [-0.2, 0) is 22.4 Å². The fourth-order valence-electron chi connectivity index (χ4n) is 7.41. The molecular formula is C40H46F2N8O2. The molecule has 2 amide bonds. The number of imidazole rings is 2. The van der Waals surface area contributed by atoms with Crippen molar-refractivity contribution in [3.8, 4) is 45.5 Å². The van der Waals surface area contributed by atoms with Crippen molar-refractivity contribution in [3.63, 3.8) is 0 Å². The Morgan fingerprint density at radius 1 is 0.885 bits per heavy atom. The first-order valence-electron chi connectivity index (χ1n) is 18.2. The number of H-pyrrole nitrogens is 2. The zero-order valence-corrected chi connectivity index (χ0v) is 30.0. The molecule has 0 bridgehead atoms. The predicted octanol–water partition coefficient (Wildman–Crippen LogP) is 5.77. The van der Waals surface area contributed by atoms with Gasteiger partial charge in [0.25, 0.3) is 0 Å². The van der Waals surface area contributed by atoms with Crippen molar-refractivity contribution < 1.29 is 18.4 Å². The van der Waals surface area contributed by atoms with Crippen molar-refractivity contribution in [2.45, 2.75) is 89.9 Å². The lowest BCUT2D eigenvalue weighted by molar-refractivity contribution is -0.139. The van der Waals surface area contributed by atoms with Crippen molar-refractivity contribution in [2.24, 2.45) is 23.3 Å². The fraction of sp³-hybridized carbons (Fsp3) is 0.450. The number of benzene rings is 2. The molecule has 0 spiro atoms. The number of hydrogen-bond donors (Lipinski definition) is 4. The molecule has 1 saturated heterocycles. The normalized spacial score (nSPS) is 20.6. The second-order valence-electron chi connectivity index (χ2n) is 15.0. The van der Waals surface area contributed by atoms with E-state index in [0.717, 1.165) is 76.5 Å². The summed E-state index contributed by atoms with van der Waals surface area (Å²) in [5, 5.41) is 0. The quantitative estimate of drug-likeness (QED) is 0.171. The van der Waals surface area contributed by atoms with Gasteiger partial charge in [-0.1, -0.05) is 76.1 Å². The van der Waals surface area contributed by atoms with Crippen LogP contribution in [0.2, 0.25) is 0 Å². The number of halogens is 2. The predicted molar refractivity (Wildman–Crippen MR) is 196 cm³/mol. The molecule has 2 aromatic carbocycles. The van der Waals surface area contributed by atoms with Crippen molar-refractivity contribution >= 4 is 11.8 Å². The molecule has 12 heteroatoms. The number of nitrogens with zero attached hydrogens (tertiary/aromatic N) is 4. The van der Waals surface area contributed by atoms with Crippen LogP contribution in [0.5, 0.6) is 0 Å². The molecule has 3 aliphatic rings. The smallest absolute Gasteiger partial charge is 0.325 e. The standard InChI is InChI=1S/C40H46F2N8O2/c1-22(2)33(43)38(51)49-18-6-9-31(49)37-46-29-8-5-7-27-19-26(14-15-28(27)35(29)48-37)24-10-12-25(13-11-24)30-20-45-36(47-30)32-16-17-40(41,42)21-50(32)39(52)34(44)23(3)4/h10-15,19-20,22-23,31-34H,5-9,18,21,43-44H2,1-4H3,(H,45,47)(H,46,48)/t31-,32-,33-,34-/m0/s1. The number of nitrogens with one attached hydrogen (secondary N) is 2. The van der Waals surface area contributed by atoms with Gasteiger partial charge in [0.05, 0.1) is 42.3 Å². The van der Waals surface area contributed by atoms with Crippen molar-refractivity contribution in [2.75, 3.05) is 13.1 Å². The van der Waals surface area contributed by atoms with Gasteiger partial charge >= 0.3 is 5.92 Å². The summed E-state index contributed by atoms with van der Waals surface area (Å²) < 4.78 is 28.6. The van der Waals surface area contributed by atoms with Gasteiger partial charge in [-0.15, -0.1) is 0 Å². The summed E-state index contributed by atoms with van der Waals surface area (Å²) in [7, 11) is 0. The number of alkyl halides is 2. The number of carbonyl (C=O) groups is 2. The molecule has 4 atom stereocenters. The molecule has 6 N–H and O–H groups in total. The van der Waals surface area contributed by atoms with Gasteiger partial charge < -0.3 is 31.2 Å². The molecule has 7 rings (SSSR count). The first kappa shape index (κ1) is 35.5. The van der Waals surface area contributed by atoms with Gasteiger partial charge in [0.2, 0.25) is 11.8 Å². The largest absolute Gasteiger partial charge is 0.344 e. The summed E-state index contributed by atoms with van der Waals surface area (Å²) >= 11 is 0. The highest BCUT2D eigenvalue weighted by Crippen LogP contribution is 2.38. The van der Waals surface area contributed by atoms with Gasteiger partial charge in [-0.05, 0) is 72.1 Å². The van der Waals surface area contributed by atoms with E-state index in [1.165, 1.54) is 5.56 Å². The van der Waals surface area contributed by atoms with Gasteiger partial charge in [0.15, 0.2) is 6.04 Å². The van der Waals surface area contributed by atoms with E-state index < -0.39 is 36.5 Å². The van der Waals surface area contributed by atoms with Gasteiger partial charge in [0.1, 0.15) is 11.6 Å². The molecule has 0 saturated carbocycles. The Labute approximate surface area is 302 Å². The molecule has 1 aliphatic carbocycles. The minimum atomic E-state index is -3.33. The number of rotatable bonds is 8. The molecule has 272 valence electrons. The van der Waals surface area contributed by atoms with Crippen molar-refractivity contribution in [1.29, 1.82) is 0 Å². The highest BCUT2D eigenvalue weighted by atomic mass is 19.3. The maximum absolute atomic E-state index is 14.3. The Balaban J connectivity index is 1.10. The number of carbonyl (C=O) groups excluding carboxylic acids is 2. The number of amides is 2. The van der Waals surface area contributed by atoms with E-state index in [2.05, 4.69) is 39.1 Å². The van der Waals surface area contributed by atoms with Gasteiger partial charge in [0, 0.05) is 17.8 Å². The van der Waals surface area contributed by atoms with E-state index in [1.54, 1.807) is 20.0 Å². The Kier molecular flexibility index (Phi) is 9.52. The monoisotopic (exact) mass is 708 g/mol. The highest BCUT2D eigenvalue weighted by molar-refractivity contribution is 5.83. The third-order valence-corrected chi connectivity index (χ3v) is 10.6. The molecular weight excluding hydrogens is 662 g/mol. The average Bonchev–Trinajstić information content (AvgIpc) is 3.89. The van der Waals surface area contributed by atoms with E-state index in [4.69, 9.17) is 16.5 Å². The minimum absolute atomic E-state index is 0.00978. The van der Waals surface area contributed by atoms with Gasteiger partial charge in [-0.3, -0.25) is 9.59 Å². The van der Waals surface area contributed by atoms with E-state index in [-0.39, 0.29) is 23.8 Å². The molecule has 4 aromatic rings. The first-order chi connectivity index (χ1) is 24.8. The van der Waals surface area contributed by atoms with Crippen LogP contribution >= 0.6 is 0 Å². The summed E-state index contributed by atoms with van der Waals surface area (Å²) in [6, 6.07) is 12.0. The van der Waals surface area contributed by atoms with E-state index in [9.17, 15) is 18.4 Å². The molecule has 2 aliphatic heterocycles. The van der Waals surface area contributed by atoms with Crippen LogP contribution in [-0.4, -0.2) is 72.6 Å². The second kappa shape index (κ2) is 13.9. The fourth-order valence-corrected chi connectivity index (χ4v) is 7.41. The van der Waals surface area contributed by atoms with E-state index in [0.29, 0.717) is 18.1 Å². The number of likely N-dealkylation sites (tertiary alicyclic amines) is 1. The SMILES string of the molecule is CC(C)[C@H](N)C(=O)N1CC(F)(F)C#C[C@H]1c1ncc(-c2ccc(-c3ccc4c(c3)CCCc3[nH]c([C@@H]5CCCN5C(=O)[C@@H](N)C(C)C)nc3-4)cc2)[nH]1. The summed E-state index contributed by atoms with van der Waals surface area (Å²) in [6.07, 6.45) is 6.20. The lowest BCUT2D eigenvalue weighted by Crippen LogP contribution is -2.52. The topological polar surface area (TPSA) is 150 Å². The van der Waals surface area contributed by atoms with Crippen LogP contribution < -0.4 is 11.5 Å². The Hall–Kier alpha value is -4.86. The molecule has 4 heterocycles. The molecule has 0 unspecified atom stereocenters. The molecule has 10 nitrogen and oxygen atoms in total. The Morgan fingerprint density at radius 3 is 2.27 bits per heavy atom. The second-order valence-corrected chi connectivity index (χ2v) is 15.0. The van der Waals surface area contributed by atoms with Crippen LogP contribution in [0.25, 0.3) is 33.6 Å². The Bertz CT molecular complexity index is 2040. The van der Waals surface area contributed by atoms with Crippen LogP contribution in [0.4, 0.5) is 8.78 Å². The summed E-state index contributed by atoms with van der Waals surface area (Å²) in [5.74, 6) is 1.61. The molecule has 52 heavy (non-hydrogen) atoms. The van der Waals surface area contributed by atoms with E-state index >= 15 is 0 Å². The molecule has 2 aromatic heterocycles. The third kappa shape index (κ3) is 6.75. The van der Waals surface area contributed by atoms with Gasteiger partial charge in [-0.25, -0.2) is 9.97 Å². The molecule has 1 fully saturated rings. The summed E-state index contributed by atoms with van der Waals surface area (Å²) in [5.41, 5.74) is 20.4. The minimum Gasteiger partial charge on any atom is -0.344 e.